The van der Waals surface area contributed by atoms with Gasteiger partial charge in [0.1, 0.15) is 0 Å². The molecule has 0 saturated heterocycles. The molecule has 2 aromatic heterocycles. The van der Waals surface area contributed by atoms with Gasteiger partial charge in [-0.25, -0.2) is 0 Å². The molecule has 2 aromatic rings. The predicted molar refractivity (Wildman–Crippen MR) is 77.0 cm³/mol. The molecule has 1 N–H and O–H groups in total. The third kappa shape index (κ3) is 2.46. The van der Waals surface area contributed by atoms with E-state index >= 15 is 0 Å². The Morgan fingerprint density at radius 1 is 1.31 bits per heavy atom. The molecule has 2 rings (SSSR count). The maximum atomic E-state index is 5.27. The molecule has 0 saturated carbocycles. The second kappa shape index (κ2) is 5.35. The van der Waals surface area contributed by atoms with Crippen molar-refractivity contribution in [3.63, 3.8) is 0 Å². The number of hydrogen-bond donors (Lipinski definition) is 1. The van der Waals surface area contributed by atoms with Crippen LogP contribution in [0, 0.1) is 0 Å². The minimum atomic E-state index is 0.116. The number of furan rings is 1. The zero-order chi connectivity index (χ0) is 11.7. The summed E-state index contributed by atoms with van der Waals surface area (Å²) in [5, 5.41) is 3.28. The number of rotatable bonds is 3. The Bertz CT molecular complexity index is 494. The van der Waals surface area contributed by atoms with Crippen molar-refractivity contribution >= 4 is 59.1 Å². The molecular formula is C10H8Br3NOS. The molecule has 2 nitrogen and oxygen atoms in total. The molecule has 0 aromatic carbocycles. The first kappa shape index (κ1) is 12.8. The lowest BCUT2D eigenvalue weighted by molar-refractivity contribution is 0.530. The molecule has 2 heterocycles. The summed E-state index contributed by atoms with van der Waals surface area (Å²) in [6, 6.07) is 4.18. The molecule has 0 fully saturated rings. The highest BCUT2D eigenvalue weighted by Gasteiger charge is 2.21. The van der Waals surface area contributed by atoms with Crippen molar-refractivity contribution in [2.75, 3.05) is 7.05 Å². The molecule has 1 unspecified atom stereocenters. The van der Waals surface area contributed by atoms with Crippen LogP contribution >= 0.6 is 59.1 Å². The Balaban J connectivity index is 2.44. The van der Waals surface area contributed by atoms with Gasteiger partial charge >= 0.3 is 0 Å². The van der Waals surface area contributed by atoms with Crippen molar-refractivity contribution in [2.45, 2.75) is 6.04 Å². The average molecular weight is 430 g/mol. The van der Waals surface area contributed by atoms with E-state index in [0.29, 0.717) is 0 Å². The van der Waals surface area contributed by atoms with Crippen molar-refractivity contribution in [3.8, 4) is 0 Å². The van der Waals surface area contributed by atoms with Crippen LogP contribution in [0.1, 0.15) is 17.2 Å². The van der Waals surface area contributed by atoms with Crippen molar-refractivity contribution in [1.82, 2.24) is 5.32 Å². The summed E-state index contributed by atoms with van der Waals surface area (Å²) in [5.41, 5.74) is 2.29. The Kier molecular flexibility index (Phi) is 4.29. The molecule has 0 bridgehead atoms. The minimum absolute atomic E-state index is 0.116. The fraction of sp³-hybridized carbons (Fsp3) is 0.200. The van der Waals surface area contributed by atoms with Crippen LogP contribution in [0.2, 0.25) is 0 Å². The minimum Gasteiger partial charge on any atom is -0.457 e. The van der Waals surface area contributed by atoms with Crippen LogP contribution in [0.15, 0.2) is 35.1 Å². The topological polar surface area (TPSA) is 25.2 Å². The van der Waals surface area contributed by atoms with Gasteiger partial charge in [0.15, 0.2) is 4.67 Å². The van der Waals surface area contributed by atoms with Crippen molar-refractivity contribution < 1.29 is 4.42 Å². The normalized spacial score (nSPS) is 13.0. The Labute approximate surface area is 123 Å². The van der Waals surface area contributed by atoms with Gasteiger partial charge in [0, 0.05) is 5.56 Å². The van der Waals surface area contributed by atoms with E-state index < -0.39 is 0 Å². The van der Waals surface area contributed by atoms with Crippen LogP contribution in [0.5, 0.6) is 0 Å². The van der Waals surface area contributed by atoms with Crippen LogP contribution in [-0.2, 0) is 0 Å². The lowest BCUT2D eigenvalue weighted by atomic mass is 10.1. The number of hydrogen-bond acceptors (Lipinski definition) is 3. The maximum Gasteiger partial charge on any atom is 0.174 e. The second-order valence-corrected chi connectivity index (χ2v) is 7.62. The van der Waals surface area contributed by atoms with Crippen LogP contribution < -0.4 is 5.32 Å². The summed E-state index contributed by atoms with van der Waals surface area (Å²) in [6.07, 6.45) is 1.68. The third-order valence-corrected chi connectivity index (χ3v) is 5.27. The first-order chi connectivity index (χ1) is 7.63. The predicted octanol–water partition coefficient (Wildman–Crippen LogP) is 4.94. The summed E-state index contributed by atoms with van der Waals surface area (Å²) in [7, 11) is 1.93. The molecular weight excluding hydrogens is 422 g/mol. The van der Waals surface area contributed by atoms with E-state index in [1.165, 1.54) is 5.56 Å². The number of halogens is 3. The highest BCUT2D eigenvalue weighted by atomic mass is 79.9. The monoisotopic (exact) mass is 427 g/mol. The van der Waals surface area contributed by atoms with Gasteiger partial charge < -0.3 is 9.73 Å². The Morgan fingerprint density at radius 3 is 2.50 bits per heavy atom. The van der Waals surface area contributed by atoms with E-state index in [9.17, 15) is 0 Å². The lowest BCUT2D eigenvalue weighted by Crippen LogP contribution is -2.17. The summed E-state index contributed by atoms with van der Waals surface area (Å²) in [5.74, 6) is 0. The number of thiophene rings is 1. The quantitative estimate of drug-likeness (QED) is 0.747. The van der Waals surface area contributed by atoms with Gasteiger partial charge in [-0.15, -0.1) is 11.3 Å². The second-order valence-electron chi connectivity index (χ2n) is 3.15. The number of nitrogens with one attached hydrogen (secondary N) is 1. The summed E-state index contributed by atoms with van der Waals surface area (Å²) >= 11 is 12.1. The standard InChI is InChI=1S/C10H8Br3NOS/c1-14-8(5-2-3-15-9(5)12)6-4-7(11)16-10(6)13/h2-4,8,14H,1H3. The highest BCUT2D eigenvalue weighted by molar-refractivity contribution is 9.12. The maximum absolute atomic E-state index is 5.27. The third-order valence-electron chi connectivity index (χ3n) is 2.24. The molecule has 86 valence electrons. The van der Waals surface area contributed by atoms with E-state index in [-0.39, 0.29) is 6.04 Å². The summed E-state index contributed by atoms with van der Waals surface area (Å²) < 4.78 is 8.26. The molecule has 16 heavy (non-hydrogen) atoms. The van der Waals surface area contributed by atoms with Gasteiger partial charge in [0.05, 0.1) is 19.9 Å². The highest BCUT2D eigenvalue weighted by Crippen LogP contribution is 2.39. The summed E-state index contributed by atoms with van der Waals surface area (Å²) in [6.45, 7) is 0. The van der Waals surface area contributed by atoms with Crippen molar-refractivity contribution in [3.05, 3.63) is 41.8 Å². The zero-order valence-electron chi connectivity index (χ0n) is 8.26. The fourth-order valence-electron chi connectivity index (χ4n) is 1.54. The lowest BCUT2D eigenvalue weighted by Gasteiger charge is -2.14. The SMILES string of the molecule is CNC(c1ccoc1Br)c1cc(Br)sc1Br. The van der Waals surface area contributed by atoms with Crippen LogP contribution in [0.25, 0.3) is 0 Å². The summed E-state index contributed by atoms with van der Waals surface area (Å²) in [4.78, 5) is 0. The van der Waals surface area contributed by atoms with Gasteiger partial charge in [-0.1, -0.05) is 0 Å². The molecule has 0 aliphatic rings. The van der Waals surface area contributed by atoms with E-state index in [1.54, 1.807) is 17.6 Å². The van der Waals surface area contributed by atoms with Gasteiger partial charge in [-0.3, -0.25) is 0 Å². The van der Waals surface area contributed by atoms with Crippen LogP contribution in [0.3, 0.4) is 0 Å². The molecule has 1 atom stereocenters. The average Bonchev–Trinajstić information content (AvgIpc) is 2.77. The first-order valence-electron chi connectivity index (χ1n) is 4.48. The van der Waals surface area contributed by atoms with Gasteiger partial charge in [0.25, 0.3) is 0 Å². The van der Waals surface area contributed by atoms with Crippen molar-refractivity contribution in [2.24, 2.45) is 0 Å². The molecule has 6 heteroatoms. The Morgan fingerprint density at radius 2 is 2.06 bits per heavy atom. The van der Waals surface area contributed by atoms with E-state index in [1.807, 2.05) is 13.1 Å². The molecule has 0 spiro atoms. The van der Waals surface area contributed by atoms with E-state index in [4.69, 9.17) is 4.42 Å². The molecule has 0 radical (unpaired) electrons. The van der Waals surface area contributed by atoms with Gasteiger partial charge in [-0.05, 0) is 72.5 Å². The Hall–Kier alpha value is 0.380. The van der Waals surface area contributed by atoms with Crippen LogP contribution in [0.4, 0.5) is 0 Å². The molecule has 0 aliphatic carbocycles. The van der Waals surface area contributed by atoms with Gasteiger partial charge in [0.2, 0.25) is 0 Å². The smallest absolute Gasteiger partial charge is 0.174 e. The fourth-order valence-corrected chi connectivity index (χ4v) is 4.91. The van der Waals surface area contributed by atoms with Crippen LogP contribution in [-0.4, -0.2) is 7.05 Å². The van der Waals surface area contributed by atoms with Crippen molar-refractivity contribution in [1.29, 1.82) is 0 Å². The molecule has 0 amide bonds. The largest absolute Gasteiger partial charge is 0.457 e. The van der Waals surface area contributed by atoms with E-state index in [2.05, 4.69) is 59.2 Å². The first-order valence-corrected chi connectivity index (χ1v) is 7.68. The zero-order valence-corrected chi connectivity index (χ0v) is 13.8. The molecule has 0 aliphatic heterocycles. The van der Waals surface area contributed by atoms with E-state index in [0.717, 1.165) is 17.8 Å². The van der Waals surface area contributed by atoms with Gasteiger partial charge in [-0.2, -0.15) is 0 Å².